The van der Waals surface area contributed by atoms with E-state index < -0.39 is 5.97 Å². The van der Waals surface area contributed by atoms with E-state index in [0.29, 0.717) is 53.7 Å². The first-order valence-electron chi connectivity index (χ1n) is 14.4. The lowest BCUT2D eigenvalue weighted by molar-refractivity contribution is 0.0691. The van der Waals surface area contributed by atoms with Crippen LogP contribution in [0.25, 0.3) is 21.3 Å². The van der Waals surface area contributed by atoms with Gasteiger partial charge in [-0.3, -0.25) is 14.8 Å². The van der Waals surface area contributed by atoms with Gasteiger partial charge in [-0.15, -0.1) is 0 Å². The number of carboxylic acids is 1. The molecule has 0 unspecified atom stereocenters. The van der Waals surface area contributed by atoms with E-state index in [4.69, 9.17) is 0 Å². The number of carbonyl (C=O) groups is 2. The normalized spacial score (nSPS) is 12.7. The highest BCUT2D eigenvalue weighted by atomic mass is 32.1. The van der Waals surface area contributed by atoms with Crippen LogP contribution in [0.2, 0.25) is 0 Å². The van der Waals surface area contributed by atoms with Crippen molar-refractivity contribution in [1.29, 1.82) is 0 Å². The molecule has 0 fully saturated rings. The Morgan fingerprint density at radius 1 is 0.932 bits per heavy atom. The van der Waals surface area contributed by atoms with Crippen molar-refractivity contribution >= 4 is 44.4 Å². The fourth-order valence-electron chi connectivity index (χ4n) is 5.61. The molecule has 1 aliphatic rings. The summed E-state index contributed by atoms with van der Waals surface area (Å²) in [5, 5.41) is 18.1. The van der Waals surface area contributed by atoms with Gasteiger partial charge in [0.2, 0.25) is 0 Å². The molecule has 3 aromatic carbocycles. The van der Waals surface area contributed by atoms with Gasteiger partial charge in [0.15, 0.2) is 10.8 Å². The number of pyridine rings is 1. The molecule has 0 aliphatic carbocycles. The molecular formula is C34H28N6O3S. The second kappa shape index (κ2) is 11.7. The molecular weight excluding hydrogens is 572 g/mol. The number of nitrogens with zero attached hydrogens (tertiary/aromatic N) is 5. The fraction of sp³-hybridized carbons (Fsp3) is 0.147. The van der Waals surface area contributed by atoms with Gasteiger partial charge < -0.3 is 10.0 Å². The number of aromatic carboxylic acids is 1. The number of hydrogen-bond donors (Lipinski definition) is 2. The number of benzene rings is 3. The average molecular weight is 601 g/mol. The number of nitrogens with one attached hydrogen (secondary N) is 1. The molecule has 1 aliphatic heterocycles. The number of rotatable bonds is 8. The maximum absolute atomic E-state index is 13.4. The predicted octanol–water partition coefficient (Wildman–Crippen LogP) is 6.31. The van der Waals surface area contributed by atoms with Crippen LogP contribution in [0.4, 0.5) is 10.9 Å². The number of thiazole rings is 1. The van der Waals surface area contributed by atoms with Crippen LogP contribution in [0.15, 0.2) is 97.3 Å². The summed E-state index contributed by atoms with van der Waals surface area (Å²) in [6.45, 7) is 1.76. The average Bonchev–Trinajstić information content (AvgIpc) is 3.70. The number of carbonyl (C=O) groups excluding carboxylic acids is 1. The van der Waals surface area contributed by atoms with Crippen molar-refractivity contribution < 1.29 is 14.7 Å². The Morgan fingerprint density at radius 3 is 2.61 bits per heavy atom. The lowest BCUT2D eigenvalue weighted by atomic mass is 9.94. The summed E-state index contributed by atoms with van der Waals surface area (Å²) in [4.78, 5) is 36.9. The monoisotopic (exact) mass is 600 g/mol. The van der Waals surface area contributed by atoms with E-state index in [9.17, 15) is 14.7 Å². The van der Waals surface area contributed by atoms with E-state index >= 15 is 0 Å². The first kappa shape index (κ1) is 27.5. The van der Waals surface area contributed by atoms with Crippen LogP contribution in [0.1, 0.15) is 37.5 Å². The zero-order valence-electron chi connectivity index (χ0n) is 23.7. The summed E-state index contributed by atoms with van der Waals surface area (Å²) < 4.78 is 2.83. The molecule has 9 nitrogen and oxygen atoms in total. The quantitative estimate of drug-likeness (QED) is 0.210. The number of para-hydroxylation sites is 1. The van der Waals surface area contributed by atoms with Crippen LogP contribution in [0.5, 0.6) is 0 Å². The standard InChI is InChI=1S/C34H28N6O3S/c41-32(38-34-36-28-11-4-5-12-29(28)44-34)26-10-6-9-23-16-17-39(21-27(23)26)30-14-13-25(31(37-30)33(42)43)24-19-35-40(20-24)18-15-22-7-2-1-3-8-22/h1-14,19-20H,15-18,21H2,(H,42,43)(H,36,38,41). The Morgan fingerprint density at radius 2 is 1.77 bits per heavy atom. The van der Waals surface area contributed by atoms with E-state index in [2.05, 4.69) is 32.5 Å². The molecule has 0 bridgehead atoms. The van der Waals surface area contributed by atoms with Crippen molar-refractivity contribution in [1.82, 2.24) is 19.7 Å². The minimum absolute atomic E-state index is 0.0298. The summed E-state index contributed by atoms with van der Waals surface area (Å²) in [7, 11) is 0. The molecule has 0 saturated heterocycles. The Labute approximate surface area is 257 Å². The van der Waals surface area contributed by atoms with Crippen LogP contribution in [-0.2, 0) is 25.9 Å². The highest BCUT2D eigenvalue weighted by Gasteiger charge is 2.25. The summed E-state index contributed by atoms with van der Waals surface area (Å²) in [6, 6.07) is 27.3. The first-order chi connectivity index (χ1) is 21.5. The summed E-state index contributed by atoms with van der Waals surface area (Å²) in [6.07, 6.45) is 5.07. The molecule has 218 valence electrons. The number of aromatic nitrogens is 4. The predicted molar refractivity (Wildman–Crippen MR) is 171 cm³/mol. The number of amides is 1. The van der Waals surface area contributed by atoms with Crippen LogP contribution in [0.3, 0.4) is 0 Å². The van der Waals surface area contributed by atoms with Crippen molar-refractivity contribution in [3.63, 3.8) is 0 Å². The van der Waals surface area contributed by atoms with Gasteiger partial charge in [-0.1, -0.05) is 65.9 Å². The summed E-state index contributed by atoms with van der Waals surface area (Å²) >= 11 is 1.44. The molecule has 1 amide bonds. The maximum atomic E-state index is 13.4. The molecule has 10 heteroatoms. The van der Waals surface area contributed by atoms with Gasteiger partial charge in [0.1, 0.15) is 5.82 Å². The number of hydrogen-bond acceptors (Lipinski definition) is 7. The van der Waals surface area contributed by atoms with Crippen molar-refractivity contribution in [2.45, 2.75) is 25.9 Å². The van der Waals surface area contributed by atoms with Gasteiger partial charge in [0.05, 0.1) is 16.4 Å². The SMILES string of the molecule is O=C(Nc1nc2ccccc2s1)c1cccc2c1CN(c1ccc(-c3cnn(CCc4ccccc4)c3)c(C(=O)O)n1)CC2. The van der Waals surface area contributed by atoms with Crippen LogP contribution in [0, 0.1) is 0 Å². The third-order valence-corrected chi connectivity index (χ3v) is 8.81. The van der Waals surface area contributed by atoms with E-state index in [-0.39, 0.29) is 11.6 Å². The molecule has 0 spiro atoms. The molecule has 0 atom stereocenters. The number of anilines is 2. The number of aryl methyl sites for hydroxylation is 2. The van der Waals surface area contributed by atoms with Crippen LogP contribution < -0.4 is 10.2 Å². The van der Waals surface area contributed by atoms with Gasteiger partial charge in [-0.2, -0.15) is 5.10 Å². The van der Waals surface area contributed by atoms with Gasteiger partial charge in [0.25, 0.3) is 5.91 Å². The number of fused-ring (bicyclic) bond motifs is 2. The Kier molecular flexibility index (Phi) is 7.33. The molecule has 6 aromatic rings. The largest absolute Gasteiger partial charge is 0.476 e. The third-order valence-electron chi connectivity index (χ3n) is 7.86. The molecule has 7 rings (SSSR count). The van der Waals surface area contributed by atoms with E-state index in [1.807, 2.05) is 82.5 Å². The Balaban J connectivity index is 1.11. The van der Waals surface area contributed by atoms with Gasteiger partial charge >= 0.3 is 5.97 Å². The Bertz CT molecular complexity index is 1970. The lowest BCUT2D eigenvalue weighted by Crippen LogP contribution is -2.33. The second-order valence-corrected chi connectivity index (χ2v) is 11.7. The minimum atomic E-state index is -1.10. The molecule has 2 N–H and O–H groups in total. The van der Waals surface area contributed by atoms with Crippen molar-refractivity contribution in [2.75, 3.05) is 16.8 Å². The van der Waals surface area contributed by atoms with Crippen LogP contribution >= 0.6 is 11.3 Å². The molecule has 3 aromatic heterocycles. The minimum Gasteiger partial charge on any atom is -0.476 e. The maximum Gasteiger partial charge on any atom is 0.355 e. The van der Waals surface area contributed by atoms with E-state index in [1.54, 1.807) is 12.3 Å². The zero-order valence-corrected chi connectivity index (χ0v) is 24.5. The highest BCUT2D eigenvalue weighted by Crippen LogP contribution is 2.31. The molecule has 4 heterocycles. The highest BCUT2D eigenvalue weighted by molar-refractivity contribution is 7.22. The van der Waals surface area contributed by atoms with E-state index in [0.717, 1.165) is 27.8 Å². The summed E-state index contributed by atoms with van der Waals surface area (Å²) in [5.74, 6) is -0.775. The van der Waals surface area contributed by atoms with E-state index in [1.165, 1.54) is 16.9 Å². The molecule has 0 saturated carbocycles. The topological polar surface area (TPSA) is 113 Å². The van der Waals surface area contributed by atoms with Crippen molar-refractivity contribution in [3.05, 3.63) is 125 Å². The first-order valence-corrected chi connectivity index (χ1v) is 15.2. The zero-order chi connectivity index (χ0) is 30.0. The van der Waals surface area contributed by atoms with Gasteiger partial charge in [-0.25, -0.2) is 14.8 Å². The van der Waals surface area contributed by atoms with Gasteiger partial charge in [-0.05, 0) is 59.9 Å². The molecule has 44 heavy (non-hydrogen) atoms. The van der Waals surface area contributed by atoms with Crippen molar-refractivity contribution in [3.8, 4) is 11.1 Å². The summed E-state index contributed by atoms with van der Waals surface area (Å²) in [5.41, 5.74) is 5.81. The van der Waals surface area contributed by atoms with Crippen molar-refractivity contribution in [2.24, 2.45) is 0 Å². The Hall–Kier alpha value is -5.35. The fourth-order valence-corrected chi connectivity index (χ4v) is 6.47. The van der Waals surface area contributed by atoms with Gasteiger partial charge in [0, 0.05) is 42.5 Å². The van der Waals surface area contributed by atoms with Crippen LogP contribution in [-0.4, -0.2) is 43.3 Å². The smallest absolute Gasteiger partial charge is 0.355 e. The third kappa shape index (κ3) is 5.55. The number of carboxylic acid groups (broad SMARTS) is 1. The molecule has 0 radical (unpaired) electrons. The lowest BCUT2D eigenvalue weighted by Gasteiger charge is -2.31. The second-order valence-electron chi connectivity index (χ2n) is 10.7.